The maximum atomic E-state index is 13.0. The Hall–Kier alpha value is -3.47. The highest BCUT2D eigenvalue weighted by molar-refractivity contribution is 5.94. The minimum Gasteiger partial charge on any atom is -0.481 e. The summed E-state index contributed by atoms with van der Waals surface area (Å²) in [5.74, 6) is -4.98. The van der Waals surface area contributed by atoms with Crippen molar-refractivity contribution in [2.45, 2.75) is 51.2 Å². The number of hydrogen-bond acceptors (Lipinski definition) is 6. The molecule has 0 aromatic heterocycles. The van der Waals surface area contributed by atoms with Crippen molar-refractivity contribution in [2.24, 2.45) is 11.7 Å². The fraction of sp³-hybridized carbons (Fsp3) is 0.476. The zero-order valence-corrected chi connectivity index (χ0v) is 18.0. The van der Waals surface area contributed by atoms with Crippen molar-refractivity contribution in [3.05, 3.63) is 35.9 Å². The number of carbonyl (C=O) groups is 5. The summed E-state index contributed by atoms with van der Waals surface area (Å²) in [4.78, 5) is 59.4. The number of carbonyl (C=O) groups excluding carboxylic acids is 3. The molecule has 11 nitrogen and oxygen atoms in total. The van der Waals surface area contributed by atoms with E-state index in [1.54, 1.807) is 37.3 Å². The third-order valence-electron chi connectivity index (χ3n) is 4.85. The van der Waals surface area contributed by atoms with Crippen LogP contribution in [0.1, 0.15) is 32.3 Å². The molecule has 0 radical (unpaired) electrons. The molecule has 176 valence electrons. The van der Waals surface area contributed by atoms with Crippen LogP contribution in [-0.2, 0) is 30.4 Å². The zero-order valence-electron chi connectivity index (χ0n) is 18.0. The molecule has 7 N–H and O–H groups in total. The van der Waals surface area contributed by atoms with Crippen LogP contribution in [0.3, 0.4) is 0 Å². The van der Waals surface area contributed by atoms with Crippen molar-refractivity contribution >= 4 is 29.7 Å². The van der Waals surface area contributed by atoms with E-state index >= 15 is 0 Å². The number of carboxylic acid groups (broad SMARTS) is 2. The molecule has 0 aliphatic carbocycles. The molecule has 4 unspecified atom stereocenters. The van der Waals surface area contributed by atoms with Gasteiger partial charge in [-0.3, -0.25) is 24.0 Å². The summed E-state index contributed by atoms with van der Waals surface area (Å²) in [5.41, 5.74) is 6.32. The van der Waals surface area contributed by atoms with Gasteiger partial charge in [0.25, 0.3) is 0 Å². The lowest BCUT2D eigenvalue weighted by molar-refractivity contribution is -0.140. The molecular weight excluding hydrogens is 420 g/mol. The van der Waals surface area contributed by atoms with Crippen molar-refractivity contribution in [3.8, 4) is 0 Å². The Bertz CT molecular complexity index is 816. The fourth-order valence-electron chi connectivity index (χ4n) is 2.85. The first-order valence-electron chi connectivity index (χ1n) is 10.2. The molecule has 1 rings (SSSR count). The number of nitrogens with one attached hydrogen (secondary N) is 3. The Morgan fingerprint density at radius 3 is 2.09 bits per heavy atom. The van der Waals surface area contributed by atoms with E-state index in [4.69, 9.17) is 15.9 Å². The third-order valence-corrected chi connectivity index (χ3v) is 4.85. The summed E-state index contributed by atoms with van der Waals surface area (Å²) in [6, 6.07) is 5.25. The van der Waals surface area contributed by atoms with Gasteiger partial charge >= 0.3 is 11.9 Å². The van der Waals surface area contributed by atoms with Crippen LogP contribution in [0.25, 0.3) is 0 Å². The normalized spacial score (nSPS) is 14.3. The second kappa shape index (κ2) is 13.1. The highest BCUT2D eigenvalue weighted by atomic mass is 16.4. The van der Waals surface area contributed by atoms with E-state index in [2.05, 4.69) is 16.0 Å². The van der Waals surface area contributed by atoms with E-state index in [0.29, 0.717) is 6.42 Å². The van der Waals surface area contributed by atoms with Gasteiger partial charge in [-0.15, -0.1) is 0 Å². The number of benzene rings is 1. The van der Waals surface area contributed by atoms with Gasteiger partial charge in [-0.05, 0) is 11.5 Å². The minimum atomic E-state index is -1.36. The van der Waals surface area contributed by atoms with Gasteiger partial charge in [0, 0.05) is 6.42 Å². The number of carboxylic acids is 2. The third kappa shape index (κ3) is 9.13. The Morgan fingerprint density at radius 1 is 0.938 bits per heavy atom. The first-order valence-corrected chi connectivity index (χ1v) is 10.2. The Morgan fingerprint density at radius 2 is 1.56 bits per heavy atom. The molecule has 32 heavy (non-hydrogen) atoms. The van der Waals surface area contributed by atoms with E-state index in [-0.39, 0.29) is 12.3 Å². The average molecular weight is 450 g/mol. The second-order valence-electron chi connectivity index (χ2n) is 7.44. The van der Waals surface area contributed by atoms with Crippen LogP contribution in [0, 0.1) is 5.92 Å². The van der Waals surface area contributed by atoms with Gasteiger partial charge in [0.2, 0.25) is 17.7 Å². The van der Waals surface area contributed by atoms with Gasteiger partial charge in [-0.25, -0.2) is 0 Å². The number of aliphatic carboxylic acids is 2. The molecule has 3 amide bonds. The molecule has 0 saturated heterocycles. The minimum absolute atomic E-state index is 0.0716. The van der Waals surface area contributed by atoms with Gasteiger partial charge in [0.05, 0.1) is 12.5 Å². The summed E-state index contributed by atoms with van der Waals surface area (Å²) in [5, 5.41) is 24.9. The van der Waals surface area contributed by atoms with Gasteiger partial charge < -0.3 is 31.9 Å². The lowest BCUT2D eigenvalue weighted by Crippen LogP contribution is -2.58. The van der Waals surface area contributed by atoms with E-state index in [1.165, 1.54) is 0 Å². The van der Waals surface area contributed by atoms with Crippen molar-refractivity contribution in [3.63, 3.8) is 0 Å². The van der Waals surface area contributed by atoms with Crippen molar-refractivity contribution in [1.82, 2.24) is 16.0 Å². The van der Waals surface area contributed by atoms with Gasteiger partial charge in [-0.2, -0.15) is 0 Å². The smallest absolute Gasteiger partial charge is 0.322 e. The van der Waals surface area contributed by atoms with Crippen molar-refractivity contribution < 1.29 is 34.2 Å². The van der Waals surface area contributed by atoms with E-state index in [0.717, 1.165) is 5.56 Å². The van der Waals surface area contributed by atoms with Crippen LogP contribution in [0.15, 0.2) is 30.3 Å². The summed E-state index contributed by atoms with van der Waals surface area (Å²) < 4.78 is 0. The molecule has 0 bridgehead atoms. The molecule has 4 atom stereocenters. The van der Waals surface area contributed by atoms with Crippen molar-refractivity contribution in [1.29, 1.82) is 0 Å². The number of nitrogens with two attached hydrogens (primary N) is 1. The summed E-state index contributed by atoms with van der Waals surface area (Å²) >= 11 is 0. The van der Waals surface area contributed by atoms with Crippen LogP contribution in [-0.4, -0.2) is 64.5 Å². The number of hydrogen-bond donors (Lipinski definition) is 6. The lowest BCUT2D eigenvalue weighted by Gasteiger charge is -2.27. The molecule has 0 saturated carbocycles. The van der Waals surface area contributed by atoms with Crippen molar-refractivity contribution in [2.75, 3.05) is 6.54 Å². The molecule has 0 aliphatic heterocycles. The van der Waals surface area contributed by atoms with Crippen LogP contribution in [0.5, 0.6) is 0 Å². The highest BCUT2D eigenvalue weighted by Crippen LogP contribution is 2.10. The fourth-order valence-corrected chi connectivity index (χ4v) is 2.85. The number of amides is 3. The molecule has 1 aromatic rings. The maximum Gasteiger partial charge on any atom is 0.322 e. The van der Waals surface area contributed by atoms with Gasteiger partial charge in [0.1, 0.15) is 18.6 Å². The highest BCUT2D eigenvalue weighted by Gasteiger charge is 2.31. The summed E-state index contributed by atoms with van der Waals surface area (Å²) in [7, 11) is 0. The maximum absolute atomic E-state index is 13.0. The van der Waals surface area contributed by atoms with E-state index in [9.17, 15) is 24.0 Å². The molecule has 1 aromatic carbocycles. The summed E-state index contributed by atoms with van der Waals surface area (Å²) in [6.45, 7) is 2.93. The Labute approximate surface area is 185 Å². The SMILES string of the molecule is CCC(C)C(NC(=O)C(Cc1ccccc1)NC(=O)C(N)CC(=O)O)C(=O)NCC(=O)O. The predicted molar refractivity (Wildman–Crippen MR) is 114 cm³/mol. The largest absolute Gasteiger partial charge is 0.481 e. The first kappa shape index (κ1) is 26.6. The molecule has 0 spiro atoms. The van der Waals surface area contributed by atoms with Crippen LogP contribution in [0.2, 0.25) is 0 Å². The second-order valence-corrected chi connectivity index (χ2v) is 7.44. The van der Waals surface area contributed by atoms with Crippen LogP contribution < -0.4 is 21.7 Å². The molecular formula is C21H30N4O7. The zero-order chi connectivity index (χ0) is 24.3. The Kier molecular flexibility index (Phi) is 10.8. The van der Waals surface area contributed by atoms with Crippen LogP contribution in [0.4, 0.5) is 0 Å². The van der Waals surface area contributed by atoms with Gasteiger partial charge in [0.15, 0.2) is 0 Å². The lowest BCUT2D eigenvalue weighted by atomic mass is 9.97. The molecule has 0 aliphatic rings. The van der Waals surface area contributed by atoms with E-state index < -0.39 is 60.8 Å². The molecule has 0 fully saturated rings. The average Bonchev–Trinajstić information content (AvgIpc) is 2.74. The molecule has 0 heterocycles. The first-order chi connectivity index (χ1) is 15.0. The topological polar surface area (TPSA) is 188 Å². The summed E-state index contributed by atoms with van der Waals surface area (Å²) in [6.07, 6.45) is -0.0224. The van der Waals surface area contributed by atoms with Gasteiger partial charge in [-0.1, -0.05) is 50.6 Å². The number of rotatable bonds is 13. The predicted octanol–water partition coefficient (Wildman–Crippen LogP) is -0.752. The molecule has 11 heteroatoms. The quantitative estimate of drug-likeness (QED) is 0.226. The monoisotopic (exact) mass is 450 g/mol. The standard InChI is InChI=1S/C21H30N4O7/c1-3-12(2)18(21(32)23-11-17(28)29)25-20(31)15(9-13-7-5-4-6-8-13)24-19(30)14(22)10-16(26)27/h4-8,12,14-15,18H,3,9-11,22H2,1-2H3,(H,23,32)(H,24,30)(H,25,31)(H,26,27)(H,28,29). The Balaban J connectivity index is 3.04. The van der Waals surface area contributed by atoms with E-state index in [1.807, 2.05) is 6.92 Å². The van der Waals surface area contributed by atoms with Crippen LogP contribution >= 0.6 is 0 Å².